The quantitative estimate of drug-likeness (QED) is 0.785. The van der Waals surface area contributed by atoms with Gasteiger partial charge >= 0.3 is 5.97 Å². The Labute approximate surface area is 94.0 Å². The third-order valence-electron chi connectivity index (χ3n) is 1.64. The highest BCUT2D eigenvalue weighted by Crippen LogP contribution is 2.17. The van der Waals surface area contributed by atoms with Crippen LogP contribution in [-0.4, -0.2) is 38.3 Å². The Balaban J connectivity index is 2.38. The molecule has 0 saturated carbocycles. The van der Waals surface area contributed by atoms with Gasteiger partial charge in [0.15, 0.2) is 5.13 Å². The summed E-state index contributed by atoms with van der Waals surface area (Å²) in [6.07, 6.45) is 1.31. The monoisotopic (exact) mass is 248 g/mol. The summed E-state index contributed by atoms with van der Waals surface area (Å²) in [7, 11) is -0.805. The number of hydrogen-bond donors (Lipinski definition) is 2. The molecule has 0 aliphatic heterocycles. The van der Waals surface area contributed by atoms with E-state index in [1.54, 1.807) is 0 Å². The van der Waals surface area contributed by atoms with Gasteiger partial charge in [0.2, 0.25) is 0 Å². The number of carboxylic acids is 1. The number of nitrogens with one attached hydrogen (secondary N) is 1. The first-order valence-electron chi connectivity index (χ1n) is 4.41. The van der Waals surface area contributed by atoms with Gasteiger partial charge in [0.1, 0.15) is 4.88 Å². The molecule has 0 bridgehead atoms. The van der Waals surface area contributed by atoms with Crippen molar-refractivity contribution in [1.82, 2.24) is 4.98 Å². The molecule has 0 saturated heterocycles. The molecule has 84 valence electrons. The van der Waals surface area contributed by atoms with Gasteiger partial charge in [0.25, 0.3) is 0 Å². The number of aromatic carboxylic acids is 1. The lowest BCUT2D eigenvalue weighted by molar-refractivity contribution is 0.0702. The van der Waals surface area contributed by atoms with E-state index in [2.05, 4.69) is 10.3 Å². The molecule has 0 spiro atoms. The average molecular weight is 248 g/mol. The zero-order valence-electron chi connectivity index (χ0n) is 8.23. The largest absolute Gasteiger partial charge is 0.477 e. The van der Waals surface area contributed by atoms with Crippen LogP contribution in [0.5, 0.6) is 0 Å². The Morgan fingerprint density at radius 1 is 1.73 bits per heavy atom. The van der Waals surface area contributed by atoms with Crippen molar-refractivity contribution < 1.29 is 14.1 Å². The second-order valence-corrected chi connectivity index (χ2v) is 5.59. The van der Waals surface area contributed by atoms with Crippen LogP contribution in [0.4, 0.5) is 5.13 Å². The normalized spacial score (nSPS) is 12.3. The highest BCUT2D eigenvalue weighted by molar-refractivity contribution is 7.84. The van der Waals surface area contributed by atoms with E-state index in [4.69, 9.17) is 5.11 Å². The van der Waals surface area contributed by atoms with E-state index < -0.39 is 16.8 Å². The summed E-state index contributed by atoms with van der Waals surface area (Å²) < 4.78 is 11.1. The number of nitrogens with zero attached hydrogens (tertiary/aromatic N) is 1. The van der Waals surface area contributed by atoms with Crippen molar-refractivity contribution in [3.05, 3.63) is 11.1 Å². The molecule has 1 aromatic heterocycles. The second-order valence-electron chi connectivity index (χ2n) is 2.69. The molecule has 1 atom stereocenters. The topological polar surface area (TPSA) is 79.3 Å². The fourth-order valence-corrected chi connectivity index (χ4v) is 2.17. The van der Waals surface area contributed by atoms with E-state index in [0.717, 1.165) is 11.3 Å². The molecule has 0 aromatic carbocycles. The van der Waals surface area contributed by atoms with Crippen molar-refractivity contribution in [3.8, 4) is 0 Å². The molecule has 0 aliphatic carbocycles. The highest BCUT2D eigenvalue weighted by atomic mass is 32.2. The minimum Gasteiger partial charge on any atom is -0.477 e. The van der Waals surface area contributed by atoms with Gasteiger partial charge in [-0.05, 0) is 0 Å². The predicted octanol–water partition coefficient (Wildman–Crippen LogP) is 1.02. The van der Waals surface area contributed by atoms with Crippen molar-refractivity contribution in [3.63, 3.8) is 0 Å². The van der Waals surface area contributed by atoms with Crippen LogP contribution >= 0.6 is 11.3 Å². The van der Waals surface area contributed by atoms with Crippen LogP contribution in [0, 0.1) is 0 Å². The number of hydrogen-bond acceptors (Lipinski definition) is 5. The SMILES string of the molecule is CCS(=O)CCNc1ncc(C(=O)O)s1. The van der Waals surface area contributed by atoms with Gasteiger partial charge < -0.3 is 10.4 Å². The standard InChI is InChI=1S/C8H12N2O3S2/c1-2-15(13)4-3-9-8-10-5-6(14-8)7(11)12/h5H,2-4H2,1H3,(H,9,10)(H,11,12). The Morgan fingerprint density at radius 2 is 2.47 bits per heavy atom. The zero-order chi connectivity index (χ0) is 11.3. The van der Waals surface area contributed by atoms with Gasteiger partial charge in [0, 0.05) is 28.9 Å². The number of rotatable bonds is 6. The van der Waals surface area contributed by atoms with Crippen molar-refractivity contribution in [2.45, 2.75) is 6.92 Å². The summed E-state index contributed by atoms with van der Waals surface area (Å²) in [6, 6.07) is 0. The van der Waals surface area contributed by atoms with Gasteiger partial charge in [-0.25, -0.2) is 9.78 Å². The maximum Gasteiger partial charge on any atom is 0.347 e. The number of carbonyl (C=O) groups is 1. The summed E-state index contributed by atoms with van der Waals surface area (Å²) >= 11 is 1.08. The minimum atomic E-state index is -0.974. The van der Waals surface area contributed by atoms with Crippen LogP contribution in [0.15, 0.2) is 6.20 Å². The van der Waals surface area contributed by atoms with Crippen molar-refractivity contribution in [2.24, 2.45) is 0 Å². The Morgan fingerprint density at radius 3 is 3.00 bits per heavy atom. The van der Waals surface area contributed by atoms with Crippen LogP contribution in [-0.2, 0) is 10.8 Å². The molecule has 7 heteroatoms. The van der Waals surface area contributed by atoms with E-state index in [0.29, 0.717) is 23.2 Å². The minimum absolute atomic E-state index is 0.203. The first-order chi connectivity index (χ1) is 7.13. The summed E-state index contributed by atoms with van der Waals surface area (Å²) in [4.78, 5) is 14.6. The van der Waals surface area contributed by atoms with E-state index in [-0.39, 0.29) is 4.88 Å². The third kappa shape index (κ3) is 3.96. The van der Waals surface area contributed by atoms with E-state index in [1.807, 2.05) is 6.92 Å². The van der Waals surface area contributed by atoms with E-state index in [9.17, 15) is 9.00 Å². The fraction of sp³-hybridized carbons (Fsp3) is 0.500. The van der Waals surface area contributed by atoms with Gasteiger partial charge in [-0.1, -0.05) is 18.3 Å². The lowest BCUT2D eigenvalue weighted by Crippen LogP contribution is -2.11. The van der Waals surface area contributed by atoms with Crippen LogP contribution in [0.1, 0.15) is 16.6 Å². The molecule has 0 amide bonds. The smallest absolute Gasteiger partial charge is 0.347 e. The zero-order valence-corrected chi connectivity index (χ0v) is 9.86. The van der Waals surface area contributed by atoms with Gasteiger partial charge in [-0.15, -0.1) is 0 Å². The number of anilines is 1. The van der Waals surface area contributed by atoms with Crippen LogP contribution in [0.25, 0.3) is 0 Å². The van der Waals surface area contributed by atoms with Gasteiger partial charge in [0.05, 0.1) is 6.20 Å². The van der Waals surface area contributed by atoms with E-state index in [1.165, 1.54) is 6.20 Å². The van der Waals surface area contributed by atoms with Crippen molar-refractivity contribution >= 4 is 33.2 Å². The predicted molar refractivity (Wildman–Crippen MR) is 61.1 cm³/mol. The van der Waals surface area contributed by atoms with Crippen LogP contribution in [0.2, 0.25) is 0 Å². The maximum absolute atomic E-state index is 11.1. The first-order valence-corrected chi connectivity index (χ1v) is 6.72. The number of carboxylic acid groups (broad SMARTS) is 1. The van der Waals surface area contributed by atoms with Crippen molar-refractivity contribution in [2.75, 3.05) is 23.4 Å². The Kier molecular flexibility index (Phi) is 4.70. The average Bonchev–Trinajstić information content (AvgIpc) is 2.66. The molecule has 5 nitrogen and oxygen atoms in total. The number of aromatic nitrogens is 1. The fourth-order valence-electron chi connectivity index (χ4n) is 0.871. The molecule has 0 radical (unpaired) electrons. The van der Waals surface area contributed by atoms with Crippen LogP contribution in [0.3, 0.4) is 0 Å². The number of thiazole rings is 1. The molecule has 1 aromatic rings. The summed E-state index contributed by atoms with van der Waals surface area (Å²) in [5.74, 6) is 0.219. The van der Waals surface area contributed by atoms with Gasteiger partial charge in [-0.2, -0.15) is 0 Å². The van der Waals surface area contributed by atoms with E-state index >= 15 is 0 Å². The molecule has 0 fully saturated rings. The second kappa shape index (κ2) is 5.82. The summed E-state index contributed by atoms with van der Waals surface area (Å²) in [5.41, 5.74) is 0. The summed E-state index contributed by atoms with van der Waals surface area (Å²) in [5, 5.41) is 12.1. The lowest BCUT2D eigenvalue weighted by atomic mass is 10.6. The lowest BCUT2D eigenvalue weighted by Gasteiger charge is -2.00. The molecular formula is C8H12N2O3S2. The molecule has 15 heavy (non-hydrogen) atoms. The molecule has 1 heterocycles. The van der Waals surface area contributed by atoms with Crippen LogP contribution < -0.4 is 5.32 Å². The molecule has 1 rings (SSSR count). The van der Waals surface area contributed by atoms with Gasteiger partial charge in [-0.3, -0.25) is 4.21 Å². The Bertz CT molecular complexity index is 365. The molecular weight excluding hydrogens is 236 g/mol. The third-order valence-corrected chi connectivity index (χ3v) is 3.89. The van der Waals surface area contributed by atoms with Crippen molar-refractivity contribution in [1.29, 1.82) is 0 Å². The highest BCUT2D eigenvalue weighted by Gasteiger charge is 2.07. The maximum atomic E-state index is 11.1. The molecule has 0 aliphatic rings. The molecule has 2 N–H and O–H groups in total. The molecule has 1 unspecified atom stereocenters. The first kappa shape index (κ1) is 12.1. The summed E-state index contributed by atoms with van der Waals surface area (Å²) in [6.45, 7) is 2.41. The Hall–Kier alpha value is -0.950.